The molecular formula is C14H25ClN4O. The van der Waals surface area contributed by atoms with Crippen molar-refractivity contribution < 1.29 is 4.79 Å². The number of anilines is 1. The van der Waals surface area contributed by atoms with Crippen LogP contribution in [0, 0.1) is 5.92 Å². The van der Waals surface area contributed by atoms with Gasteiger partial charge in [-0.05, 0) is 18.8 Å². The van der Waals surface area contributed by atoms with Crippen LogP contribution in [0.1, 0.15) is 46.0 Å². The summed E-state index contributed by atoms with van der Waals surface area (Å²) in [5.41, 5.74) is 6.24. The van der Waals surface area contributed by atoms with Crippen molar-refractivity contribution in [3.63, 3.8) is 0 Å². The van der Waals surface area contributed by atoms with Gasteiger partial charge in [0.15, 0.2) is 0 Å². The SMILES string of the molecule is CC(C)Cn1cc(NC(=O)C2(N)CCCCC2)cn1.Cl. The lowest BCUT2D eigenvalue weighted by atomic mass is 9.82. The van der Waals surface area contributed by atoms with Crippen molar-refractivity contribution in [2.45, 2.75) is 58.0 Å². The Balaban J connectivity index is 0.00000200. The third-order valence-corrected chi connectivity index (χ3v) is 3.64. The minimum atomic E-state index is -0.696. The summed E-state index contributed by atoms with van der Waals surface area (Å²) in [5, 5.41) is 7.14. The van der Waals surface area contributed by atoms with E-state index in [1.54, 1.807) is 6.20 Å². The number of hydrogen-bond donors (Lipinski definition) is 2. The molecule has 6 heteroatoms. The Morgan fingerprint density at radius 2 is 2.10 bits per heavy atom. The monoisotopic (exact) mass is 300 g/mol. The zero-order chi connectivity index (χ0) is 13.9. The van der Waals surface area contributed by atoms with Gasteiger partial charge in [-0.3, -0.25) is 9.48 Å². The maximum absolute atomic E-state index is 12.2. The van der Waals surface area contributed by atoms with Gasteiger partial charge in [-0.15, -0.1) is 12.4 Å². The summed E-state index contributed by atoms with van der Waals surface area (Å²) in [6.07, 6.45) is 8.36. The molecule has 1 aromatic rings. The molecule has 0 bridgehead atoms. The van der Waals surface area contributed by atoms with Gasteiger partial charge in [-0.25, -0.2) is 0 Å². The molecule has 2 rings (SSSR count). The fraction of sp³-hybridized carbons (Fsp3) is 0.714. The third kappa shape index (κ3) is 4.21. The maximum Gasteiger partial charge on any atom is 0.244 e. The van der Waals surface area contributed by atoms with Crippen molar-refractivity contribution in [1.82, 2.24) is 9.78 Å². The molecule has 0 saturated heterocycles. The molecule has 1 aliphatic rings. The number of nitrogens with zero attached hydrogens (tertiary/aromatic N) is 2. The van der Waals surface area contributed by atoms with Gasteiger partial charge in [0.05, 0.1) is 17.4 Å². The Kier molecular flexibility index (Phi) is 6.02. The van der Waals surface area contributed by atoms with E-state index < -0.39 is 5.54 Å². The van der Waals surface area contributed by atoms with Crippen LogP contribution in [-0.4, -0.2) is 21.2 Å². The van der Waals surface area contributed by atoms with E-state index in [2.05, 4.69) is 24.3 Å². The van der Waals surface area contributed by atoms with Crippen molar-refractivity contribution in [2.75, 3.05) is 5.32 Å². The molecule has 3 N–H and O–H groups in total. The van der Waals surface area contributed by atoms with Crippen LogP contribution >= 0.6 is 12.4 Å². The molecule has 0 atom stereocenters. The van der Waals surface area contributed by atoms with Gasteiger partial charge in [0.25, 0.3) is 0 Å². The quantitative estimate of drug-likeness (QED) is 0.897. The standard InChI is InChI=1S/C14H24N4O.ClH/c1-11(2)9-18-10-12(8-16-18)17-13(19)14(15)6-4-3-5-7-14;/h8,10-11H,3-7,9,15H2,1-2H3,(H,17,19);1H. The number of carbonyl (C=O) groups is 1. The van der Waals surface area contributed by atoms with E-state index in [-0.39, 0.29) is 18.3 Å². The van der Waals surface area contributed by atoms with Crippen LogP contribution < -0.4 is 11.1 Å². The first kappa shape index (κ1) is 17.0. The van der Waals surface area contributed by atoms with Gasteiger partial charge in [0.2, 0.25) is 5.91 Å². The number of halogens is 1. The summed E-state index contributed by atoms with van der Waals surface area (Å²) in [6, 6.07) is 0. The average molecular weight is 301 g/mol. The highest BCUT2D eigenvalue weighted by Crippen LogP contribution is 2.27. The molecule has 1 heterocycles. The first-order chi connectivity index (χ1) is 8.99. The van der Waals surface area contributed by atoms with E-state index >= 15 is 0 Å². The summed E-state index contributed by atoms with van der Waals surface area (Å²) < 4.78 is 1.85. The first-order valence-electron chi connectivity index (χ1n) is 7.12. The van der Waals surface area contributed by atoms with Gasteiger partial charge >= 0.3 is 0 Å². The maximum atomic E-state index is 12.2. The predicted octanol–water partition coefficient (Wildman–Crippen LogP) is 2.56. The molecule has 0 aromatic carbocycles. The van der Waals surface area contributed by atoms with Crippen LogP contribution in [0.15, 0.2) is 12.4 Å². The average Bonchev–Trinajstić information content (AvgIpc) is 2.76. The van der Waals surface area contributed by atoms with E-state index in [4.69, 9.17) is 5.73 Å². The molecule has 1 aliphatic carbocycles. The molecule has 5 nitrogen and oxygen atoms in total. The lowest BCUT2D eigenvalue weighted by Gasteiger charge is -2.31. The molecule has 0 aliphatic heterocycles. The van der Waals surface area contributed by atoms with Crippen molar-refractivity contribution in [3.05, 3.63) is 12.4 Å². The Hall–Kier alpha value is -1.07. The molecule has 20 heavy (non-hydrogen) atoms. The van der Waals surface area contributed by atoms with Crippen LogP contribution in [0.4, 0.5) is 5.69 Å². The van der Waals surface area contributed by atoms with Gasteiger partial charge in [0, 0.05) is 12.7 Å². The molecule has 0 spiro atoms. The van der Waals surface area contributed by atoms with Crippen LogP contribution in [0.5, 0.6) is 0 Å². The first-order valence-corrected chi connectivity index (χ1v) is 7.12. The Labute approximate surface area is 126 Å². The Bertz CT molecular complexity index is 438. The van der Waals surface area contributed by atoms with Crippen molar-refractivity contribution in [2.24, 2.45) is 11.7 Å². The van der Waals surface area contributed by atoms with Crippen LogP contribution in [-0.2, 0) is 11.3 Å². The second kappa shape index (κ2) is 7.09. The largest absolute Gasteiger partial charge is 0.322 e. The minimum absolute atomic E-state index is 0. The van der Waals surface area contributed by atoms with Gasteiger partial charge in [-0.2, -0.15) is 5.10 Å². The van der Waals surface area contributed by atoms with E-state index in [0.29, 0.717) is 5.92 Å². The van der Waals surface area contributed by atoms with Gasteiger partial charge < -0.3 is 11.1 Å². The highest BCUT2D eigenvalue weighted by molar-refractivity contribution is 5.97. The van der Waals surface area contributed by atoms with Crippen LogP contribution in [0.25, 0.3) is 0 Å². The minimum Gasteiger partial charge on any atom is -0.322 e. The molecule has 1 fully saturated rings. The van der Waals surface area contributed by atoms with Crippen molar-refractivity contribution >= 4 is 24.0 Å². The van der Waals surface area contributed by atoms with Crippen molar-refractivity contribution in [1.29, 1.82) is 0 Å². The molecule has 1 amide bonds. The van der Waals surface area contributed by atoms with Gasteiger partial charge in [0.1, 0.15) is 0 Å². The van der Waals surface area contributed by atoms with Gasteiger partial charge in [-0.1, -0.05) is 33.1 Å². The Morgan fingerprint density at radius 3 is 2.70 bits per heavy atom. The highest BCUT2D eigenvalue weighted by atomic mass is 35.5. The molecular weight excluding hydrogens is 276 g/mol. The molecule has 0 radical (unpaired) electrons. The molecule has 114 valence electrons. The topological polar surface area (TPSA) is 72.9 Å². The second-order valence-corrected chi connectivity index (χ2v) is 6.02. The summed E-state index contributed by atoms with van der Waals surface area (Å²) in [6.45, 7) is 5.12. The number of nitrogens with one attached hydrogen (secondary N) is 1. The summed E-state index contributed by atoms with van der Waals surface area (Å²) in [5.74, 6) is 0.457. The predicted molar refractivity (Wildman–Crippen MR) is 82.9 cm³/mol. The number of hydrogen-bond acceptors (Lipinski definition) is 3. The number of amides is 1. The second-order valence-electron chi connectivity index (χ2n) is 6.02. The fourth-order valence-corrected chi connectivity index (χ4v) is 2.57. The summed E-state index contributed by atoms with van der Waals surface area (Å²) >= 11 is 0. The van der Waals surface area contributed by atoms with E-state index in [9.17, 15) is 4.79 Å². The summed E-state index contributed by atoms with van der Waals surface area (Å²) in [7, 11) is 0. The smallest absolute Gasteiger partial charge is 0.244 e. The zero-order valence-electron chi connectivity index (χ0n) is 12.3. The fourth-order valence-electron chi connectivity index (χ4n) is 2.57. The number of carbonyl (C=O) groups excluding carboxylic acids is 1. The lowest BCUT2D eigenvalue weighted by Crippen LogP contribution is -2.52. The molecule has 1 saturated carbocycles. The number of nitrogens with two attached hydrogens (primary N) is 1. The van der Waals surface area contributed by atoms with Crippen LogP contribution in [0.3, 0.4) is 0 Å². The van der Waals surface area contributed by atoms with Crippen molar-refractivity contribution in [3.8, 4) is 0 Å². The Morgan fingerprint density at radius 1 is 1.45 bits per heavy atom. The number of rotatable bonds is 4. The highest BCUT2D eigenvalue weighted by Gasteiger charge is 2.35. The summed E-state index contributed by atoms with van der Waals surface area (Å²) in [4.78, 5) is 12.2. The third-order valence-electron chi connectivity index (χ3n) is 3.64. The molecule has 1 aromatic heterocycles. The van der Waals surface area contributed by atoms with E-state index in [1.165, 1.54) is 6.42 Å². The number of aromatic nitrogens is 2. The normalized spacial score (nSPS) is 17.6. The van der Waals surface area contributed by atoms with E-state index in [1.807, 2.05) is 10.9 Å². The lowest BCUT2D eigenvalue weighted by molar-refractivity contribution is -0.122. The van der Waals surface area contributed by atoms with Crippen LogP contribution in [0.2, 0.25) is 0 Å². The molecule has 0 unspecified atom stereocenters. The zero-order valence-corrected chi connectivity index (χ0v) is 13.1. The van der Waals surface area contributed by atoms with E-state index in [0.717, 1.165) is 37.9 Å².